The van der Waals surface area contributed by atoms with Gasteiger partial charge in [0.15, 0.2) is 0 Å². The van der Waals surface area contributed by atoms with Crippen molar-refractivity contribution in [1.29, 1.82) is 0 Å². The molecule has 1 fully saturated rings. The summed E-state index contributed by atoms with van der Waals surface area (Å²) in [4.78, 5) is 2.51. The van der Waals surface area contributed by atoms with Crippen LogP contribution in [-0.2, 0) is 5.41 Å². The first-order chi connectivity index (χ1) is 31.2. The molecule has 1 spiro atoms. The van der Waals surface area contributed by atoms with Gasteiger partial charge in [-0.3, -0.25) is 0 Å². The van der Waals surface area contributed by atoms with E-state index >= 15 is 0 Å². The number of nitrogens with zero attached hydrogens (tertiary/aromatic N) is 1. The van der Waals surface area contributed by atoms with Crippen molar-refractivity contribution in [1.82, 2.24) is 0 Å². The lowest BCUT2D eigenvalue weighted by Gasteiger charge is -2.36. The molecule has 0 radical (unpaired) electrons. The number of hydrogen-bond donors (Lipinski definition) is 0. The fourth-order valence-corrected chi connectivity index (χ4v) is 11.2. The van der Waals surface area contributed by atoms with Crippen molar-refractivity contribution in [2.75, 3.05) is 4.90 Å². The second-order valence-corrected chi connectivity index (χ2v) is 17.5. The van der Waals surface area contributed by atoms with E-state index in [2.05, 4.69) is 229 Å². The summed E-state index contributed by atoms with van der Waals surface area (Å²) < 4.78 is 0. The summed E-state index contributed by atoms with van der Waals surface area (Å²) in [6, 6.07) is 83.5. The molecule has 0 heterocycles. The van der Waals surface area contributed by atoms with Crippen molar-refractivity contribution in [3.63, 3.8) is 0 Å². The van der Waals surface area contributed by atoms with Crippen molar-refractivity contribution in [2.24, 2.45) is 0 Å². The average Bonchev–Trinajstić information content (AvgIpc) is 3.62. The van der Waals surface area contributed by atoms with Crippen LogP contribution in [0.3, 0.4) is 0 Å². The summed E-state index contributed by atoms with van der Waals surface area (Å²) in [6.07, 6.45) is 6.32. The standard InChI is InChI=1S/C62H47N/c1-3-19-43(20-4-1)48-22-7-8-24-50(48)52-26-10-11-27-53(52)56-30-14-16-32-61(56)63(47-37-38-60-58(42-47)55-29-13-15-31-59(55)62(60)39-17-2-18-40-62)46-35-33-44(34-36-46)57-41-45-21-5-6-23-49(45)51-25-9-12-28-54(51)57/h1,3-16,19-38,41-42H,2,17-18,39-40H2. The summed E-state index contributed by atoms with van der Waals surface area (Å²) in [6.45, 7) is 0. The molecule has 0 amide bonds. The van der Waals surface area contributed by atoms with E-state index in [1.807, 2.05) is 0 Å². The zero-order valence-electron chi connectivity index (χ0n) is 35.3. The van der Waals surface area contributed by atoms with Crippen LogP contribution in [0.1, 0.15) is 43.2 Å². The van der Waals surface area contributed by atoms with E-state index in [-0.39, 0.29) is 5.41 Å². The van der Waals surface area contributed by atoms with Crippen LogP contribution in [0.5, 0.6) is 0 Å². The zero-order chi connectivity index (χ0) is 41.7. The van der Waals surface area contributed by atoms with Gasteiger partial charge in [0.05, 0.1) is 5.69 Å². The molecule has 10 aromatic rings. The minimum atomic E-state index is 0.0980. The predicted molar refractivity (Wildman–Crippen MR) is 267 cm³/mol. The van der Waals surface area contributed by atoms with E-state index in [1.165, 1.54) is 120 Å². The van der Waals surface area contributed by atoms with Crippen LogP contribution in [0, 0.1) is 0 Å². The third-order valence-electron chi connectivity index (χ3n) is 14.1. The average molecular weight is 806 g/mol. The van der Waals surface area contributed by atoms with E-state index in [9.17, 15) is 0 Å². The van der Waals surface area contributed by atoms with Gasteiger partial charge in [0.25, 0.3) is 0 Å². The lowest BCUT2D eigenvalue weighted by atomic mass is 9.68. The lowest BCUT2D eigenvalue weighted by molar-refractivity contribution is 0.353. The number of para-hydroxylation sites is 1. The van der Waals surface area contributed by atoms with Crippen molar-refractivity contribution in [3.8, 4) is 55.6 Å². The molecule has 0 bridgehead atoms. The second-order valence-electron chi connectivity index (χ2n) is 17.5. The number of anilines is 3. The molecule has 63 heavy (non-hydrogen) atoms. The summed E-state index contributed by atoms with van der Waals surface area (Å²) in [5.74, 6) is 0. The minimum Gasteiger partial charge on any atom is -0.310 e. The van der Waals surface area contributed by atoms with Gasteiger partial charge in [0.1, 0.15) is 0 Å². The molecule has 300 valence electrons. The third-order valence-corrected chi connectivity index (χ3v) is 14.1. The first kappa shape index (κ1) is 37.3. The fraction of sp³-hybridized carbons (Fsp3) is 0.0968. The highest BCUT2D eigenvalue weighted by Gasteiger charge is 2.43. The van der Waals surface area contributed by atoms with E-state index in [4.69, 9.17) is 0 Å². The topological polar surface area (TPSA) is 3.24 Å². The molecule has 0 aromatic heterocycles. The van der Waals surface area contributed by atoms with E-state index in [1.54, 1.807) is 0 Å². The highest BCUT2D eigenvalue weighted by molar-refractivity contribution is 6.14. The van der Waals surface area contributed by atoms with E-state index < -0.39 is 0 Å². The first-order valence-corrected chi connectivity index (χ1v) is 22.6. The molecule has 2 aliphatic carbocycles. The first-order valence-electron chi connectivity index (χ1n) is 22.6. The second kappa shape index (κ2) is 15.5. The Morgan fingerprint density at radius 1 is 0.302 bits per heavy atom. The minimum absolute atomic E-state index is 0.0980. The SMILES string of the molecule is c1ccc(-c2ccccc2-c2ccccc2-c2ccccc2N(c2ccc(-c3cc4ccccc4c4ccccc34)cc2)c2ccc3c(c2)-c2ccccc2C32CCCCC2)cc1. The molecule has 12 rings (SSSR count). The molecular formula is C62H47N. The van der Waals surface area contributed by atoms with Crippen LogP contribution in [0.25, 0.3) is 77.2 Å². The summed E-state index contributed by atoms with van der Waals surface area (Å²) in [7, 11) is 0. The highest BCUT2D eigenvalue weighted by atomic mass is 15.1. The fourth-order valence-electron chi connectivity index (χ4n) is 11.2. The van der Waals surface area contributed by atoms with E-state index in [0.29, 0.717) is 0 Å². The summed E-state index contributed by atoms with van der Waals surface area (Å²) in [5.41, 5.74) is 19.0. The maximum Gasteiger partial charge on any atom is 0.0540 e. The van der Waals surface area contributed by atoms with Crippen molar-refractivity contribution >= 4 is 38.6 Å². The van der Waals surface area contributed by atoms with Crippen LogP contribution in [0.15, 0.2) is 224 Å². The molecule has 1 heteroatoms. The number of fused-ring (bicyclic) bond motifs is 8. The molecule has 1 saturated carbocycles. The van der Waals surface area contributed by atoms with Gasteiger partial charge in [-0.1, -0.05) is 207 Å². The number of rotatable bonds is 7. The molecule has 0 unspecified atom stereocenters. The van der Waals surface area contributed by atoms with Crippen LogP contribution in [0.2, 0.25) is 0 Å². The molecule has 0 saturated heterocycles. The van der Waals surface area contributed by atoms with Gasteiger partial charge in [-0.05, 0) is 132 Å². The van der Waals surface area contributed by atoms with Crippen LogP contribution in [0.4, 0.5) is 17.1 Å². The Morgan fingerprint density at radius 2 is 0.825 bits per heavy atom. The third kappa shape index (κ3) is 6.22. The Morgan fingerprint density at radius 3 is 1.59 bits per heavy atom. The summed E-state index contributed by atoms with van der Waals surface area (Å²) >= 11 is 0. The highest BCUT2D eigenvalue weighted by Crippen LogP contribution is 2.57. The number of benzene rings is 10. The van der Waals surface area contributed by atoms with Crippen molar-refractivity contribution in [2.45, 2.75) is 37.5 Å². The summed E-state index contributed by atoms with van der Waals surface area (Å²) in [5, 5.41) is 5.10. The molecule has 0 aliphatic heterocycles. The van der Waals surface area contributed by atoms with Gasteiger partial charge in [0, 0.05) is 22.4 Å². The maximum absolute atomic E-state index is 2.51. The Labute approximate surface area is 370 Å². The van der Waals surface area contributed by atoms with Gasteiger partial charge in [-0.25, -0.2) is 0 Å². The molecule has 0 N–H and O–H groups in total. The van der Waals surface area contributed by atoms with Crippen LogP contribution >= 0.6 is 0 Å². The molecule has 10 aromatic carbocycles. The molecular weight excluding hydrogens is 759 g/mol. The van der Waals surface area contributed by atoms with E-state index in [0.717, 1.165) is 17.1 Å². The van der Waals surface area contributed by atoms with Crippen molar-refractivity contribution < 1.29 is 0 Å². The van der Waals surface area contributed by atoms with Crippen molar-refractivity contribution in [3.05, 3.63) is 236 Å². The Hall–Kier alpha value is -7.48. The lowest BCUT2D eigenvalue weighted by Crippen LogP contribution is -2.28. The quantitative estimate of drug-likeness (QED) is 0.145. The van der Waals surface area contributed by atoms with Gasteiger partial charge in [-0.15, -0.1) is 0 Å². The van der Waals surface area contributed by atoms with Gasteiger partial charge < -0.3 is 4.90 Å². The Balaban J connectivity index is 1.05. The molecule has 2 aliphatic rings. The van der Waals surface area contributed by atoms with Gasteiger partial charge >= 0.3 is 0 Å². The van der Waals surface area contributed by atoms with Gasteiger partial charge in [-0.2, -0.15) is 0 Å². The Bertz CT molecular complexity index is 3320. The molecule has 0 atom stereocenters. The van der Waals surface area contributed by atoms with Crippen LogP contribution in [-0.4, -0.2) is 0 Å². The maximum atomic E-state index is 2.51. The zero-order valence-corrected chi connectivity index (χ0v) is 35.3. The largest absolute Gasteiger partial charge is 0.310 e. The van der Waals surface area contributed by atoms with Gasteiger partial charge in [0.2, 0.25) is 0 Å². The predicted octanol–water partition coefficient (Wildman–Crippen LogP) is 17.4. The molecule has 1 nitrogen and oxygen atoms in total. The van der Waals surface area contributed by atoms with Crippen LogP contribution < -0.4 is 4.90 Å². The normalized spacial score (nSPS) is 13.8. The monoisotopic (exact) mass is 805 g/mol. The smallest absolute Gasteiger partial charge is 0.0540 e. The number of hydrogen-bond acceptors (Lipinski definition) is 1. The Kier molecular flexibility index (Phi) is 9.15.